The number of ether oxygens (including phenoxy) is 1. The van der Waals surface area contributed by atoms with Gasteiger partial charge in [-0.3, -0.25) is 14.9 Å². The van der Waals surface area contributed by atoms with Gasteiger partial charge in [-0.2, -0.15) is 0 Å². The number of pyridine rings is 1. The molecule has 7 nitrogen and oxygen atoms in total. The maximum Gasteiger partial charge on any atom is 0.354 e. The van der Waals surface area contributed by atoms with Gasteiger partial charge in [0.25, 0.3) is 11.9 Å². The van der Waals surface area contributed by atoms with Crippen LogP contribution in [0.2, 0.25) is 0 Å². The second-order valence-corrected chi connectivity index (χ2v) is 3.09. The number of carbonyl (C=O) groups excluding carboxylic acids is 1. The Bertz CT molecular complexity index is 540. The van der Waals surface area contributed by atoms with Gasteiger partial charge in [0.1, 0.15) is 5.69 Å². The van der Waals surface area contributed by atoms with Crippen LogP contribution in [0.4, 0.5) is 14.5 Å². The van der Waals surface area contributed by atoms with Crippen LogP contribution in [-0.4, -0.2) is 22.5 Å². The number of aromatic amines is 1. The molecule has 0 bridgehead atoms. The van der Waals surface area contributed by atoms with Crippen molar-refractivity contribution >= 4 is 11.7 Å². The summed E-state index contributed by atoms with van der Waals surface area (Å²) in [6.07, 6.45) is -3.28. The molecule has 0 amide bonds. The lowest BCUT2D eigenvalue weighted by atomic mass is 10.2. The zero-order valence-electron chi connectivity index (χ0n) is 9.11. The van der Waals surface area contributed by atoms with Crippen LogP contribution in [0, 0.1) is 10.1 Å². The Balaban J connectivity index is 3.42. The van der Waals surface area contributed by atoms with Crippen molar-refractivity contribution in [3.05, 3.63) is 37.8 Å². The third kappa shape index (κ3) is 2.67. The van der Waals surface area contributed by atoms with Crippen molar-refractivity contribution in [3.63, 3.8) is 0 Å². The first-order valence-corrected chi connectivity index (χ1v) is 4.75. The largest absolute Gasteiger partial charge is 0.461 e. The lowest BCUT2D eigenvalue weighted by molar-refractivity contribution is -0.387. The van der Waals surface area contributed by atoms with E-state index in [9.17, 15) is 28.5 Å². The highest BCUT2D eigenvalue weighted by Gasteiger charge is 2.28. The summed E-state index contributed by atoms with van der Waals surface area (Å²) in [6.45, 7) is 1.46. The summed E-state index contributed by atoms with van der Waals surface area (Å²) in [5.41, 5.74) is -4.33. The smallest absolute Gasteiger partial charge is 0.354 e. The lowest BCUT2D eigenvalue weighted by Crippen LogP contribution is -2.18. The predicted octanol–water partition coefficient (Wildman–Crippen LogP) is 1.40. The molecular weight excluding hydrogens is 254 g/mol. The van der Waals surface area contributed by atoms with Gasteiger partial charge in [-0.15, -0.1) is 0 Å². The van der Waals surface area contributed by atoms with E-state index in [0.717, 1.165) is 0 Å². The van der Waals surface area contributed by atoms with E-state index in [2.05, 4.69) is 4.74 Å². The van der Waals surface area contributed by atoms with Crippen LogP contribution >= 0.6 is 0 Å². The van der Waals surface area contributed by atoms with Crippen LogP contribution in [0.1, 0.15) is 29.5 Å². The van der Waals surface area contributed by atoms with Crippen molar-refractivity contribution in [2.45, 2.75) is 13.3 Å². The quantitative estimate of drug-likeness (QED) is 0.502. The molecule has 1 N–H and O–H groups in total. The van der Waals surface area contributed by atoms with E-state index >= 15 is 0 Å². The van der Waals surface area contributed by atoms with Gasteiger partial charge in [-0.1, -0.05) is 0 Å². The van der Waals surface area contributed by atoms with Crippen LogP contribution in [0.3, 0.4) is 0 Å². The number of nitrogens with zero attached hydrogens (tertiary/aromatic N) is 1. The Kier molecular flexibility index (Phi) is 4.08. The van der Waals surface area contributed by atoms with Crippen molar-refractivity contribution in [1.82, 2.24) is 4.98 Å². The Morgan fingerprint density at radius 1 is 1.61 bits per heavy atom. The molecule has 0 fully saturated rings. The van der Waals surface area contributed by atoms with Gasteiger partial charge in [-0.05, 0) is 6.92 Å². The van der Waals surface area contributed by atoms with Gasteiger partial charge in [0.2, 0.25) is 0 Å². The monoisotopic (exact) mass is 262 g/mol. The number of aromatic nitrogens is 1. The van der Waals surface area contributed by atoms with Gasteiger partial charge in [0.15, 0.2) is 5.69 Å². The average Bonchev–Trinajstić information content (AvgIpc) is 2.27. The highest BCUT2D eigenvalue weighted by Crippen LogP contribution is 2.24. The summed E-state index contributed by atoms with van der Waals surface area (Å²) in [5, 5.41) is 10.5. The molecule has 0 spiro atoms. The number of halogens is 2. The van der Waals surface area contributed by atoms with E-state index in [-0.39, 0.29) is 6.61 Å². The highest BCUT2D eigenvalue weighted by molar-refractivity contribution is 5.87. The molecule has 0 aliphatic carbocycles. The Labute approximate surface area is 98.5 Å². The zero-order valence-corrected chi connectivity index (χ0v) is 9.11. The fourth-order valence-electron chi connectivity index (χ4n) is 1.24. The molecule has 0 aromatic carbocycles. The number of alkyl halides is 2. The molecule has 1 rings (SSSR count). The number of carbonyl (C=O) groups is 1. The minimum atomic E-state index is -3.28. The number of H-pyrrole nitrogens is 1. The van der Waals surface area contributed by atoms with E-state index in [0.29, 0.717) is 6.07 Å². The SMILES string of the molecule is CCOC(=O)c1cc(=O)c([N+](=O)[O-])c(C(F)F)[nH]1. The van der Waals surface area contributed by atoms with Gasteiger partial charge >= 0.3 is 11.7 Å². The van der Waals surface area contributed by atoms with Crippen LogP contribution < -0.4 is 5.43 Å². The van der Waals surface area contributed by atoms with E-state index in [1.807, 2.05) is 4.98 Å². The third-order valence-corrected chi connectivity index (χ3v) is 1.93. The normalized spacial score (nSPS) is 10.4. The number of nitro groups is 1. The van der Waals surface area contributed by atoms with Gasteiger partial charge < -0.3 is 9.72 Å². The van der Waals surface area contributed by atoms with E-state index in [4.69, 9.17) is 0 Å². The van der Waals surface area contributed by atoms with Crippen LogP contribution in [0.15, 0.2) is 10.9 Å². The topological polar surface area (TPSA) is 102 Å². The number of hydrogen-bond donors (Lipinski definition) is 1. The maximum absolute atomic E-state index is 12.6. The zero-order chi connectivity index (χ0) is 13.9. The van der Waals surface area contributed by atoms with Gasteiger partial charge in [0, 0.05) is 6.07 Å². The molecule has 0 radical (unpaired) electrons. The van der Waals surface area contributed by atoms with Crippen molar-refractivity contribution < 1.29 is 23.2 Å². The minimum absolute atomic E-state index is 0.0259. The van der Waals surface area contributed by atoms with Crippen molar-refractivity contribution in [2.24, 2.45) is 0 Å². The number of hydrogen-bond acceptors (Lipinski definition) is 5. The second-order valence-electron chi connectivity index (χ2n) is 3.09. The van der Waals surface area contributed by atoms with Crippen LogP contribution in [-0.2, 0) is 4.74 Å². The molecule has 0 unspecified atom stereocenters. The molecule has 0 aliphatic heterocycles. The third-order valence-electron chi connectivity index (χ3n) is 1.93. The number of esters is 1. The fraction of sp³-hybridized carbons (Fsp3) is 0.333. The summed E-state index contributed by atoms with van der Waals surface area (Å²) in [4.78, 5) is 33.7. The predicted molar refractivity (Wildman–Crippen MR) is 54.6 cm³/mol. The number of rotatable bonds is 4. The average molecular weight is 262 g/mol. The molecule has 9 heteroatoms. The molecule has 0 saturated heterocycles. The van der Waals surface area contributed by atoms with Crippen molar-refractivity contribution in [2.75, 3.05) is 6.61 Å². The molecule has 0 aliphatic rings. The fourth-order valence-corrected chi connectivity index (χ4v) is 1.24. The first-order chi connectivity index (χ1) is 8.38. The lowest BCUT2D eigenvalue weighted by Gasteiger charge is -2.05. The van der Waals surface area contributed by atoms with Crippen LogP contribution in [0.5, 0.6) is 0 Å². The van der Waals surface area contributed by atoms with Crippen molar-refractivity contribution in [1.29, 1.82) is 0 Å². The standard InChI is InChI=1S/C9H8F2N2O5/c1-2-18-9(15)4-3-5(14)7(13(16)17)6(12-4)8(10)11/h3,8H,2H2,1H3,(H,12,14). The maximum atomic E-state index is 12.6. The highest BCUT2D eigenvalue weighted by atomic mass is 19.3. The summed E-state index contributed by atoms with van der Waals surface area (Å²) in [7, 11) is 0. The first kappa shape index (κ1) is 13.7. The summed E-state index contributed by atoms with van der Waals surface area (Å²) in [5.74, 6) is -1.04. The summed E-state index contributed by atoms with van der Waals surface area (Å²) >= 11 is 0. The molecule has 0 saturated carbocycles. The van der Waals surface area contributed by atoms with E-state index in [1.54, 1.807) is 0 Å². The minimum Gasteiger partial charge on any atom is -0.461 e. The Morgan fingerprint density at radius 2 is 2.22 bits per heavy atom. The summed E-state index contributed by atoms with van der Waals surface area (Å²) < 4.78 is 29.6. The van der Waals surface area contributed by atoms with Gasteiger partial charge in [0.05, 0.1) is 11.5 Å². The molecule has 1 aromatic rings. The van der Waals surface area contributed by atoms with E-state index in [1.165, 1.54) is 6.92 Å². The van der Waals surface area contributed by atoms with Crippen molar-refractivity contribution in [3.8, 4) is 0 Å². The summed E-state index contributed by atoms with van der Waals surface area (Å²) in [6, 6.07) is 0.558. The van der Waals surface area contributed by atoms with Gasteiger partial charge in [-0.25, -0.2) is 13.6 Å². The first-order valence-electron chi connectivity index (χ1n) is 4.75. The van der Waals surface area contributed by atoms with E-state index < -0.39 is 39.8 Å². The molecule has 1 heterocycles. The molecule has 98 valence electrons. The molecule has 0 atom stereocenters. The van der Waals surface area contributed by atoms with Crippen LogP contribution in [0.25, 0.3) is 0 Å². The second kappa shape index (κ2) is 5.34. The molecule has 18 heavy (non-hydrogen) atoms. The molecule has 1 aromatic heterocycles. The Morgan fingerprint density at radius 3 is 2.67 bits per heavy atom. The number of nitrogens with one attached hydrogen (secondary N) is 1. The molecular formula is C9H8F2N2O5. The Hall–Kier alpha value is -2.32.